The first kappa shape index (κ1) is 12.9. The average Bonchev–Trinajstić information content (AvgIpc) is 2.21. The minimum absolute atomic E-state index is 0.401. The second-order valence-electron chi connectivity index (χ2n) is 2.70. The lowest BCUT2D eigenvalue weighted by molar-refractivity contribution is 1.25. The van der Waals surface area contributed by atoms with E-state index in [0.717, 1.165) is 0 Å². The summed E-state index contributed by atoms with van der Waals surface area (Å²) >= 11 is 23.2. The Kier molecular flexibility index (Phi) is 5.00. The molecule has 2 nitrogen and oxygen atoms in total. The molecular weight excluding hydrogens is 278 g/mol. The third-order valence-electron chi connectivity index (χ3n) is 1.60. The summed E-state index contributed by atoms with van der Waals surface area (Å²) in [4.78, 5) is 0. The zero-order chi connectivity index (χ0) is 11.4. The van der Waals surface area contributed by atoms with E-state index < -0.39 is 0 Å². The van der Waals surface area contributed by atoms with Gasteiger partial charge in [0.05, 0.1) is 20.8 Å². The lowest BCUT2D eigenvalue weighted by Crippen LogP contribution is -1.94. The standard InChI is InChI=1S/C9H8Cl4N2/c1-2-9(13)15-14-8-4-6(11)5(10)3-7(8)12/h3-4,14H,2H2,1H3. The Hall–Kier alpha value is -0.150. The Morgan fingerprint density at radius 2 is 1.80 bits per heavy atom. The van der Waals surface area contributed by atoms with Crippen LogP contribution in [-0.4, -0.2) is 5.17 Å². The van der Waals surface area contributed by atoms with Gasteiger partial charge in [0, 0.05) is 0 Å². The van der Waals surface area contributed by atoms with E-state index in [1.807, 2.05) is 6.92 Å². The van der Waals surface area contributed by atoms with Crippen LogP contribution in [0.25, 0.3) is 0 Å². The van der Waals surface area contributed by atoms with Crippen molar-refractivity contribution in [3.63, 3.8) is 0 Å². The molecule has 0 unspecified atom stereocenters. The normalized spacial score (nSPS) is 11.7. The van der Waals surface area contributed by atoms with Crippen LogP contribution in [0.5, 0.6) is 0 Å². The molecule has 15 heavy (non-hydrogen) atoms. The first-order chi connectivity index (χ1) is 7.04. The van der Waals surface area contributed by atoms with Crippen molar-refractivity contribution >= 4 is 57.3 Å². The van der Waals surface area contributed by atoms with Gasteiger partial charge in [-0.3, -0.25) is 5.43 Å². The molecule has 0 aliphatic heterocycles. The van der Waals surface area contributed by atoms with E-state index in [2.05, 4.69) is 10.5 Å². The van der Waals surface area contributed by atoms with E-state index >= 15 is 0 Å². The molecule has 0 aliphatic rings. The molecule has 1 aromatic carbocycles. The number of hydrogen-bond donors (Lipinski definition) is 1. The molecule has 1 rings (SSSR count). The van der Waals surface area contributed by atoms with Crippen molar-refractivity contribution in [3.05, 3.63) is 27.2 Å². The molecule has 0 saturated heterocycles. The molecule has 1 aromatic rings. The molecule has 0 radical (unpaired) electrons. The van der Waals surface area contributed by atoms with Crippen LogP contribution in [-0.2, 0) is 0 Å². The summed E-state index contributed by atoms with van der Waals surface area (Å²) < 4.78 is 0. The molecular formula is C9H8Cl4N2. The highest BCUT2D eigenvalue weighted by atomic mass is 35.5. The summed E-state index contributed by atoms with van der Waals surface area (Å²) in [6, 6.07) is 3.14. The maximum atomic E-state index is 5.91. The largest absolute Gasteiger partial charge is 0.276 e. The van der Waals surface area contributed by atoms with Crippen LogP contribution in [0.2, 0.25) is 15.1 Å². The number of halogens is 4. The molecule has 6 heteroatoms. The fourth-order valence-electron chi connectivity index (χ4n) is 0.808. The Bertz CT molecular complexity index is 390. The van der Waals surface area contributed by atoms with Crippen molar-refractivity contribution < 1.29 is 0 Å². The van der Waals surface area contributed by atoms with E-state index in [4.69, 9.17) is 46.4 Å². The second-order valence-corrected chi connectivity index (χ2v) is 4.36. The average molecular weight is 286 g/mol. The Balaban J connectivity index is 2.91. The lowest BCUT2D eigenvalue weighted by atomic mass is 10.3. The molecule has 82 valence electrons. The van der Waals surface area contributed by atoms with Gasteiger partial charge in [-0.2, -0.15) is 5.10 Å². The predicted molar refractivity (Wildman–Crippen MR) is 68.7 cm³/mol. The van der Waals surface area contributed by atoms with Crippen molar-refractivity contribution in [2.24, 2.45) is 5.10 Å². The third-order valence-corrected chi connectivity index (χ3v) is 2.99. The van der Waals surface area contributed by atoms with Gasteiger partial charge in [-0.05, 0) is 18.6 Å². The van der Waals surface area contributed by atoms with Gasteiger partial charge in [-0.15, -0.1) is 0 Å². The maximum Gasteiger partial charge on any atom is 0.126 e. The van der Waals surface area contributed by atoms with Gasteiger partial charge in [0.1, 0.15) is 5.17 Å². The Morgan fingerprint density at radius 3 is 2.40 bits per heavy atom. The van der Waals surface area contributed by atoms with Crippen molar-refractivity contribution in [1.82, 2.24) is 0 Å². The van der Waals surface area contributed by atoms with E-state index in [1.165, 1.54) is 0 Å². The van der Waals surface area contributed by atoms with Gasteiger partial charge in [-0.25, -0.2) is 0 Å². The summed E-state index contributed by atoms with van der Waals surface area (Å²) in [5.74, 6) is 0. The fraction of sp³-hybridized carbons (Fsp3) is 0.222. The smallest absolute Gasteiger partial charge is 0.126 e. The SMILES string of the molecule is CCC(Cl)=NNc1cc(Cl)c(Cl)cc1Cl. The summed E-state index contributed by atoms with van der Waals surface area (Å²) in [5.41, 5.74) is 3.28. The van der Waals surface area contributed by atoms with Gasteiger partial charge >= 0.3 is 0 Å². The van der Waals surface area contributed by atoms with E-state index in [-0.39, 0.29) is 0 Å². The van der Waals surface area contributed by atoms with Gasteiger partial charge in [0.15, 0.2) is 0 Å². The number of rotatable bonds is 3. The molecule has 0 amide bonds. The van der Waals surface area contributed by atoms with Crippen LogP contribution in [0, 0.1) is 0 Å². The number of nitrogens with zero attached hydrogens (tertiary/aromatic N) is 1. The van der Waals surface area contributed by atoms with Gasteiger partial charge in [0.25, 0.3) is 0 Å². The first-order valence-corrected chi connectivity index (χ1v) is 5.68. The number of hydrazone groups is 1. The topological polar surface area (TPSA) is 24.4 Å². The summed E-state index contributed by atoms with van der Waals surface area (Å²) in [6.45, 7) is 1.89. The molecule has 0 atom stereocenters. The van der Waals surface area contributed by atoms with Gasteiger partial charge in [0.2, 0.25) is 0 Å². The highest BCUT2D eigenvalue weighted by molar-refractivity contribution is 6.65. The van der Waals surface area contributed by atoms with Crippen LogP contribution in [0.15, 0.2) is 17.2 Å². The van der Waals surface area contributed by atoms with E-state index in [1.54, 1.807) is 12.1 Å². The zero-order valence-corrected chi connectivity index (χ0v) is 10.8. The molecule has 0 spiro atoms. The maximum absolute atomic E-state index is 5.91. The number of nitrogens with one attached hydrogen (secondary N) is 1. The van der Waals surface area contributed by atoms with Crippen LogP contribution in [0.4, 0.5) is 5.69 Å². The molecule has 0 bridgehead atoms. The van der Waals surface area contributed by atoms with Crippen LogP contribution < -0.4 is 5.43 Å². The van der Waals surface area contributed by atoms with Crippen molar-refractivity contribution in [2.45, 2.75) is 13.3 Å². The number of hydrogen-bond acceptors (Lipinski definition) is 2. The molecule has 0 aromatic heterocycles. The van der Waals surface area contributed by atoms with E-state index in [9.17, 15) is 0 Å². The highest BCUT2D eigenvalue weighted by Crippen LogP contribution is 2.32. The Labute approximate surface area is 108 Å². The molecule has 0 aliphatic carbocycles. The first-order valence-electron chi connectivity index (χ1n) is 4.17. The van der Waals surface area contributed by atoms with Crippen molar-refractivity contribution in [3.8, 4) is 0 Å². The number of benzene rings is 1. The van der Waals surface area contributed by atoms with Crippen LogP contribution in [0.1, 0.15) is 13.3 Å². The van der Waals surface area contributed by atoms with Crippen LogP contribution in [0.3, 0.4) is 0 Å². The summed E-state index contributed by atoms with van der Waals surface area (Å²) in [5, 5.41) is 5.59. The van der Waals surface area contributed by atoms with Gasteiger partial charge in [-0.1, -0.05) is 53.3 Å². The molecule has 0 heterocycles. The Morgan fingerprint density at radius 1 is 1.20 bits per heavy atom. The van der Waals surface area contributed by atoms with Crippen molar-refractivity contribution in [1.29, 1.82) is 0 Å². The second kappa shape index (κ2) is 5.80. The molecule has 0 saturated carbocycles. The minimum Gasteiger partial charge on any atom is -0.276 e. The summed E-state index contributed by atoms with van der Waals surface area (Å²) in [6.07, 6.45) is 0.646. The highest BCUT2D eigenvalue weighted by Gasteiger charge is 2.05. The lowest BCUT2D eigenvalue weighted by Gasteiger charge is -2.05. The predicted octanol–water partition coefficient (Wildman–Crippen LogP) is 5.02. The van der Waals surface area contributed by atoms with Crippen molar-refractivity contribution in [2.75, 3.05) is 5.43 Å². The quantitative estimate of drug-likeness (QED) is 0.471. The summed E-state index contributed by atoms with van der Waals surface area (Å²) in [7, 11) is 0. The molecule has 1 N–H and O–H groups in total. The van der Waals surface area contributed by atoms with E-state index in [0.29, 0.717) is 32.3 Å². The van der Waals surface area contributed by atoms with Gasteiger partial charge < -0.3 is 0 Å². The molecule has 0 fully saturated rings. The monoisotopic (exact) mass is 284 g/mol. The zero-order valence-electron chi connectivity index (χ0n) is 7.82. The third kappa shape index (κ3) is 3.72. The fourth-order valence-corrected chi connectivity index (χ4v) is 1.44. The number of anilines is 1. The minimum atomic E-state index is 0.401. The van der Waals surface area contributed by atoms with Crippen LogP contribution >= 0.6 is 46.4 Å².